The standard InChI is InChI=1S/C16H9F3O3S3/c1-8-2-4-10-12(6-8)23-15-11-5-3-9(7-13(11)24-14(10)15)22-25(20,21)16(17,18)19/h2-7H,1H3. The van der Waals surface area contributed by atoms with Crippen molar-refractivity contribution in [2.75, 3.05) is 0 Å². The summed E-state index contributed by atoms with van der Waals surface area (Å²) in [6, 6.07) is 10.3. The zero-order valence-corrected chi connectivity index (χ0v) is 15.0. The Kier molecular flexibility index (Phi) is 3.54. The molecule has 0 radical (unpaired) electrons. The van der Waals surface area contributed by atoms with Crippen molar-refractivity contribution in [3.63, 3.8) is 0 Å². The number of hydrogen-bond donors (Lipinski definition) is 0. The molecule has 0 aliphatic heterocycles. The van der Waals surface area contributed by atoms with Crippen LogP contribution in [0.5, 0.6) is 5.75 Å². The summed E-state index contributed by atoms with van der Waals surface area (Å²) in [5.41, 5.74) is -4.30. The molecule has 2 heterocycles. The molecule has 130 valence electrons. The molecule has 2 aromatic carbocycles. The van der Waals surface area contributed by atoms with Crippen LogP contribution < -0.4 is 4.18 Å². The molecule has 0 N–H and O–H groups in total. The van der Waals surface area contributed by atoms with Crippen molar-refractivity contribution < 1.29 is 25.8 Å². The molecule has 9 heteroatoms. The second-order valence-electron chi connectivity index (χ2n) is 5.50. The first-order chi connectivity index (χ1) is 11.7. The first-order valence-electron chi connectivity index (χ1n) is 7.02. The second-order valence-corrected chi connectivity index (χ2v) is 9.15. The van der Waals surface area contributed by atoms with Crippen LogP contribution in [0.4, 0.5) is 13.2 Å². The Labute approximate surface area is 148 Å². The molecule has 0 atom stereocenters. The third-order valence-electron chi connectivity index (χ3n) is 3.70. The van der Waals surface area contributed by atoms with Crippen LogP contribution in [0.15, 0.2) is 36.4 Å². The monoisotopic (exact) mass is 402 g/mol. The molecule has 0 aliphatic carbocycles. The smallest absolute Gasteiger partial charge is 0.376 e. The Hall–Kier alpha value is -1.84. The number of thiophene rings is 2. The number of alkyl halides is 3. The molecule has 0 spiro atoms. The molecule has 0 fully saturated rings. The Morgan fingerprint density at radius 1 is 0.920 bits per heavy atom. The van der Waals surface area contributed by atoms with Crippen molar-refractivity contribution in [3.8, 4) is 5.75 Å². The first-order valence-corrected chi connectivity index (χ1v) is 10.1. The van der Waals surface area contributed by atoms with E-state index < -0.39 is 15.6 Å². The van der Waals surface area contributed by atoms with Crippen LogP contribution in [0.2, 0.25) is 0 Å². The molecule has 2 aromatic heterocycles. The van der Waals surface area contributed by atoms with Gasteiger partial charge in [-0.1, -0.05) is 12.1 Å². The molecule has 0 saturated carbocycles. The molecule has 0 saturated heterocycles. The molecule has 4 rings (SSSR count). The van der Waals surface area contributed by atoms with Crippen LogP contribution in [-0.2, 0) is 10.1 Å². The minimum atomic E-state index is -5.67. The van der Waals surface area contributed by atoms with Gasteiger partial charge in [0.05, 0.1) is 9.40 Å². The third-order valence-corrected chi connectivity index (χ3v) is 7.18. The highest BCUT2D eigenvalue weighted by molar-refractivity contribution is 7.88. The molecule has 4 aromatic rings. The van der Waals surface area contributed by atoms with Gasteiger partial charge in [-0.25, -0.2) is 0 Å². The highest BCUT2D eigenvalue weighted by Gasteiger charge is 2.48. The van der Waals surface area contributed by atoms with Crippen molar-refractivity contribution >= 4 is 62.4 Å². The van der Waals surface area contributed by atoms with E-state index in [2.05, 4.69) is 10.2 Å². The summed E-state index contributed by atoms with van der Waals surface area (Å²) in [4.78, 5) is 0. The van der Waals surface area contributed by atoms with Gasteiger partial charge >= 0.3 is 15.6 Å². The fourth-order valence-electron chi connectivity index (χ4n) is 2.57. The van der Waals surface area contributed by atoms with Crippen LogP contribution >= 0.6 is 22.7 Å². The molecular formula is C16H9F3O3S3. The van der Waals surface area contributed by atoms with Gasteiger partial charge in [0, 0.05) is 20.2 Å². The maximum Gasteiger partial charge on any atom is 0.534 e. The van der Waals surface area contributed by atoms with E-state index in [-0.39, 0.29) is 5.75 Å². The average Bonchev–Trinajstić information content (AvgIpc) is 3.00. The minimum absolute atomic E-state index is 0.348. The molecule has 0 unspecified atom stereocenters. The van der Waals surface area contributed by atoms with Gasteiger partial charge in [-0.05, 0) is 36.8 Å². The lowest BCUT2D eigenvalue weighted by atomic mass is 10.2. The number of fused-ring (bicyclic) bond motifs is 5. The minimum Gasteiger partial charge on any atom is -0.376 e. The molecule has 0 bridgehead atoms. The van der Waals surface area contributed by atoms with Crippen molar-refractivity contribution in [1.82, 2.24) is 0 Å². The predicted molar refractivity (Wildman–Crippen MR) is 95.1 cm³/mol. The zero-order chi connectivity index (χ0) is 18.0. The number of aryl methyl sites for hydroxylation is 1. The number of benzene rings is 2. The quantitative estimate of drug-likeness (QED) is 0.314. The van der Waals surface area contributed by atoms with Gasteiger partial charge in [-0.15, -0.1) is 22.7 Å². The van der Waals surface area contributed by atoms with Gasteiger partial charge < -0.3 is 4.18 Å². The second kappa shape index (κ2) is 5.33. The van der Waals surface area contributed by atoms with E-state index in [1.165, 1.54) is 23.5 Å². The summed E-state index contributed by atoms with van der Waals surface area (Å²) in [6.07, 6.45) is 0. The summed E-state index contributed by atoms with van der Waals surface area (Å²) in [7, 11) is -5.67. The van der Waals surface area contributed by atoms with Gasteiger partial charge in [-0.3, -0.25) is 0 Å². The fraction of sp³-hybridized carbons (Fsp3) is 0.125. The average molecular weight is 402 g/mol. The van der Waals surface area contributed by atoms with Gasteiger partial charge in [0.25, 0.3) is 0 Å². The van der Waals surface area contributed by atoms with Gasteiger partial charge in [0.15, 0.2) is 0 Å². The lowest BCUT2D eigenvalue weighted by molar-refractivity contribution is -0.0500. The normalized spacial score (nSPS) is 13.1. The summed E-state index contributed by atoms with van der Waals surface area (Å²) >= 11 is 3.01. The Morgan fingerprint density at radius 3 is 2.08 bits per heavy atom. The highest BCUT2D eigenvalue weighted by Crippen LogP contribution is 2.45. The van der Waals surface area contributed by atoms with E-state index in [1.54, 1.807) is 17.4 Å². The van der Waals surface area contributed by atoms with Crippen molar-refractivity contribution in [2.45, 2.75) is 12.4 Å². The van der Waals surface area contributed by atoms with Crippen molar-refractivity contribution in [2.24, 2.45) is 0 Å². The summed E-state index contributed by atoms with van der Waals surface area (Å²) < 4.78 is 67.7. The van der Waals surface area contributed by atoms with Crippen LogP contribution in [-0.4, -0.2) is 13.9 Å². The van der Waals surface area contributed by atoms with Crippen LogP contribution in [0.3, 0.4) is 0 Å². The van der Waals surface area contributed by atoms with E-state index in [9.17, 15) is 21.6 Å². The van der Waals surface area contributed by atoms with Gasteiger partial charge in [0.2, 0.25) is 0 Å². The lowest BCUT2D eigenvalue weighted by Gasteiger charge is -2.09. The topological polar surface area (TPSA) is 43.4 Å². The van der Waals surface area contributed by atoms with E-state index in [0.29, 0.717) is 4.70 Å². The zero-order valence-electron chi connectivity index (χ0n) is 12.5. The maximum absolute atomic E-state index is 12.4. The van der Waals surface area contributed by atoms with E-state index in [4.69, 9.17) is 0 Å². The van der Waals surface area contributed by atoms with E-state index in [1.807, 2.05) is 19.1 Å². The van der Waals surface area contributed by atoms with Crippen LogP contribution in [0.1, 0.15) is 5.56 Å². The molecular weight excluding hydrogens is 393 g/mol. The number of hydrogen-bond acceptors (Lipinski definition) is 5. The highest BCUT2D eigenvalue weighted by atomic mass is 32.2. The number of halogens is 3. The summed E-state index contributed by atoms with van der Waals surface area (Å²) in [5, 5.41) is 1.95. The summed E-state index contributed by atoms with van der Waals surface area (Å²) in [6.45, 7) is 2.01. The molecule has 3 nitrogen and oxygen atoms in total. The molecule has 0 amide bonds. The Morgan fingerprint density at radius 2 is 1.48 bits per heavy atom. The number of rotatable bonds is 2. The third kappa shape index (κ3) is 2.66. The summed E-state index contributed by atoms with van der Waals surface area (Å²) in [5.74, 6) is -0.348. The largest absolute Gasteiger partial charge is 0.534 e. The Balaban J connectivity index is 1.86. The SMILES string of the molecule is Cc1ccc2c(c1)sc1c3ccc(OS(=O)(=O)C(F)(F)F)cc3sc21. The van der Waals surface area contributed by atoms with Crippen LogP contribution in [0, 0.1) is 6.92 Å². The van der Waals surface area contributed by atoms with Crippen LogP contribution in [0.25, 0.3) is 29.6 Å². The van der Waals surface area contributed by atoms with Gasteiger partial charge in [-0.2, -0.15) is 21.6 Å². The van der Waals surface area contributed by atoms with Crippen molar-refractivity contribution in [3.05, 3.63) is 42.0 Å². The molecule has 0 aliphatic rings. The van der Waals surface area contributed by atoms with Gasteiger partial charge in [0.1, 0.15) is 5.75 Å². The Bertz CT molecular complexity index is 1230. The lowest BCUT2D eigenvalue weighted by Crippen LogP contribution is -2.27. The predicted octanol–water partition coefficient (Wildman–Crippen LogP) is 5.81. The van der Waals surface area contributed by atoms with Crippen molar-refractivity contribution in [1.29, 1.82) is 0 Å². The van der Waals surface area contributed by atoms with E-state index >= 15 is 0 Å². The maximum atomic E-state index is 12.4. The van der Waals surface area contributed by atoms with E-state index in [0.717, 1.165) is 30.4 Å². The fourth-order valence-corrected chi connectivity index (χ4v) is 5.80. The molecule has 25 heavy (non-hydrogen) atoms. The first kappa shape index (κ1) is 16.6.